The maximum absolute atomic E-state index is 12.1. The summed E-state index contributed by atoms with van der Waals surface area (Å²) in [5.41, 5.74) is 2.33. The maximum Gasteiger partial charge on any atom is 0.240 e. The molecule has 0 fully saturated rings. The third-order valence-electron chi connectivity index (χ3n) is 3.65. The highest BCUT2D eigenvalue weighted by molar-refractivity contribution is 5.86. The minimum atomic E-state index is -0.228. The number of benzene rings is 1. The second-order valence-electron chi connectivity index (χ2n) is 7.40. The van der Waals surface area contributed by atoms with Crippen LogP contribution >= 0.6 is 0 Å². The van der Waals surface area contributed by atoms with E-state index in [1.165, 1.54) is 11.1 Å². The van der Waals surface area contributed by atoms with Gasteiger partial charge in [-0.3, -0.25) is 9.79 Å². The average Bonchev–Trinajstić information content (AvgIpc) is 2.45. The van der Waals surface area contributed by atoms with Crippen LogP contribution in [0.1, 0.15) is 44.7 Å². The number of carbonyl (C=O) groups is 1. The Morgan fingerprint density at radius 2 is 2.00 bits per heavy atom. The van der Waals surface area contributed by atoms with Crippen LogP contribution in [0, 0.1) is 6.92 Å². The van der Waals surface area contributed by atoms with Gasteiger partial charge in [0.05, 0.1) is 6.54 Å². The fourth-order valence-corrected chi connectivity index (χ4v) is 2.47. The van der Waals surface area contributed by atoms with Crippen molar-refractivity contribution in [1.29, 1.82) is 0 Å². The normalized spacial score (nSPS) is 13.4. The molecule has 0 bridgehead atoms. The number of likely N-dealkylation sites (N-methyl/N-ethyl adjacent to an activating group) is 1. The molecule has 1 aromatic carbocycles. The highest BCUT2D eigenvalue weighted by Gasteiger charge is 2.17. The average molecular weight is 332 g/mol. The lowest BCUT2D eigenvalue weighted by Crippen LogP contribution is -2.49. The Balaban J connectivity index is 2.56. The van der Waals surface area contributed by atoms with E-state index < -0.39 is 0 Å². The van der Waals surface area contributed by atoms with Crippen LogP contribution in [-0.2, 0) is 4.79 Å². The summed E-state index contributed by atoms with van der Waals surface area (Å²) < 4.78 is 0. The molecule has 1 unspecified atom stereocenters. The molecular formula is C19H32N4O. The molecule has 1 rings (SSSR count). The van der Waals surface area contributed by atoms with E-state index in [1.807, 2.05) is 32.7 Å². The highest BCUT2D eigenvalue weighted by Crippen LogP contribution is 2.15. The number of nitrogens with zero attached hydrogens (tertiary/aromatic N) is 2. The molecule has 5 nitrogen and oxygen atoms in total. The quantitative estimate of drug-likeness (QED) is 0.643. The van der Waals surface area contributed by atoms with Crippen molar-refractivity contribution in [3.63, 3.8) is 0 Å². The molecule has 0 aliphatic heterocycles. The molecule has 0 heterocycles. The van der Waals surface area contributed by atoms with Gasteiger partial charge in [-0.15, -0.1) is 0 Å². The molecule has 1 aromatic rings. The number of hydrogen-bond acceptors (Lipinski definition) is 2. The minimum absolute atomic E-state index is 0.0142. The number of rotatable bonds is 5. The van der Waals surface area contributed by atoms with Gasteiger partial charge in [0.25, 0.3) is 0 Å². The number of aryl methyl sites for hydroxylation is 1. The van der Waals surface area contributed by atoms with Gasteiger partial charge in [-0.2, -0.15) is 0 Å². The van der Waals surface area contributed by atoms with E-state index in [2.05, 4.69) is 53.7 Å². The molecule has 2 N–H and O–H groups in total. The number of amides is 1. The fraction of sp³-hybridized carbons (Fsp3) is 0.579. The molecule has 0 aliphatic carbocycles. The predicted molar refractivity (Wildman–Crippen MR) is 101 cm³/mol. The molecule has 0 saturated heterocycles. The zero-order valence-corrected chi connectivity index (χ0v) is 16.1. The molecule has 0 aromatic heterocycles. The van der Waals surface area contributed by atoms with Crippen molar-refractivity contribution in [2.45, 2.75) is 46.1 Å². The summed E-state index contributed by atoms with van der Waals surface area (Å²) in [5, 5.41) is 6.31. The van der Waals surface area contributed by atoms with Gasteiger partial charge >= 0.3 is 0 Å². The van der Waals surface area contributed by atoms with Crippen LogP contribution in [0.5, 0.6) is 0 Å². The second kappa shape index (κ2) is 8.71. The predicted octanol–water partition coefficient (Wildman–Crippen LogP) is 2.52. The van der Waals surface area contributed by atoms with Crippen molar-refractivity contribution < 1.29 is 4.79 Å². The van der Waals surface area contributed by atoms with Crippen LogP contribution in [-0.4, -0.2) is 49.5 Å². The highest BCUT2D eigenvalue weighted by atomic mass is 16.2. The summed E-state index contributed by atoms with van der Waals surface area (Å²) in [6, 6.07) is 8.53. The molecule has 0 saturated carbocycles. The van der Waals surface area contributed by atoms with Gasteiger partial charge in [-0.05, 0) is 39.2 Å². The van der Waals surface area contributed by atoms with E-state index in [9.17, 15) is 4.79 Å². The molecular weight excluding hydrogens is 300 g/mol. The van der Waals surface area contributed by atoms with E-state index >= 15 is 0 Å². The summed E-state index contributed by atoms with van der Waals surface area (Å²) in [6.07, 6.45) is 0. The Morgan fingerprint density at radius 3 is 2.54 bits per heavy atom. The lowest BCUT2D eigenvalue weighted by molar-refractivity contribution is -0.122. The van der Waals surface area contributed by atoms with E-state index in [0.29, 0.717) is 5.92 Å². The summed E-state index contributed by atoms with van der Waals surface area (Å²) in [7, 11) is 3.60. The standard InChI is InChI=1S/C19H32N4O/c1-14-9-8-10-16(11-14)15(2)12-21-18(20-6)23(7)13-17(24)22-19(3,4)5/h8-11,15H,12-13H2,1-7H3,(H,20,21)(H,22,24). The molecule has 24 heavy (non-hydrogen) atoms. The molecule has 1 amide bonds. The van der Waals surface area contributed by atoms with Crippen LogP contribution in [0.4, 0.5) is 0 Å². The Labute approximate surface area is 146 Å². The van der Waals surface area contributed by atoms with E-state index in [1.54, 1.807) is 7.05 Å². The van der Waals surface area contributed by atoms with Crippen molar-refractivity contribution in [1.82, 2.24) is 15.5 Å². The van der Waals surface area contributed by atoms with Crippen molar-refractivity contribution >= 4 is 11.9 Å². The van der Waals surface area contributed by atoms with Crippen molar-refractivity contribution in [2.75, 3.05) is 27.2 Å². The number of nitrogens with one attached hydrogen (secondary N) is 2. The minimum Gasteiger partial charge on any atom is -0.356 e. The second-order valence-corrected chi connectivity index (χ2v) is 7.40. The fourth-order valence-electron chi connectivity index (χ4n) is 2.47. The largest absolute Gasteiger partial charge is 0.356 e. The van der Waals surface area contributed by atoms with E-state index in [0.717, 1.165) is 12.5 Å². The van der Waals surface area contributed by atoms with Gasteiger partial charge in [-0.1, -0.05) is 36.8 Å². The van der Waals surface area contributed by atoms with Gasteiger partial charge in [-0.25, -0.2) is 0 Å². The van der Waals surface area contributed by atoms with E-state index in [4.69, 9.17) is 0 Å². The van der Waals surface area contributed by atoms with Gasteiger partial charge in [0, 0.05) is 26.2 Å². The van der Waals surface area contributed by atoms with Crippen molar-refractivity contribution in [2.24, 2.45) is 4.99 Å². The SMILES string of the molecule is CN=C(NCC(C)c1cccc(C)c1)N(C)CC(=O)NC(C)(C)C. The number of hydrogen-bond donors (Lipinski definition) is 2. The summed E-state index contributed by atoms with van der Waals surface area (Å²) in [4.78, 5) is 18.2. The summed E-state index contributed by atoms with van der Waals surface area (Å²) in [6.45, 7) is 11.2. The Kier molecular flexibility index (Phi) is 7.26. The number of carbonyl (C=O) groups excluding carboxylic acids is 1. The van der Waals surface area contributed by atoms with Crippen LogP contribution in [0.2, 0.25) is 0 Å². The summed E-state index contributed by atoms with van der Waals surface area (Å²) in [5.74, 6) is 1.07. The maximum atomic E-state index is 12.1. The smallest absolute Gasteiger partial charge is 0.240 e. The molecule has 0 radical (unpaired) electrons. The third kappa shape index (κ3) is 7.02. The van der Waals surface area contributed by atoms with Crippen LogP contribution in [0.25, 0.3) is 0 Å². The summed E-state index contributed by atoms with van der Waals surface area (Å²) >= 11 is 0. The lowest BCUT2D eigenvalue weighted by atomic mass is 9.99. The van der Waals surface area contributed by atoms with Gasteiger partial charge < -0.3 is 15.5 Å². The number of aliphatic imine (C=N–C) groups is 1. The first-order valence-electron chi connectivity index (χ1n) is 8.41. The molecule has 134 valence electrons. The van der Waals surface area contributed by atoms with Gasteiger partial charge in [0.2, 0.25) is 5.91 Å². The van der Waals surface area contributed by atoms with Crippen LogP contribution in [0.3, 0.4) is 0 Å². The topological polar surface area (TPSA) is 56.7 Å². The molecule has 1 atom stereocenters. The molecule has 0 aliphatic rings. The van der Waals surface area contributed by atoms with Gasteiger partial charge in [0.15, 0.2) is 5.96 Å². The first-order chi connectivity index (χ1) is 11.1. The zero-order chi connectivity index (χ0) is 18.3. The van der Waals surface area contributed by atoms with Crippen molar-refractivity contribution in [3.8, 4) is 0 Å². The first-order valence-corrected chi connectivity index (χ1v) is 8.41. The lowest BCUT2D eigenvalue weighted by Gasteiger charge is -2.26. The van der Waals surface area contributed by atoms with Crippen LogP contribution < -0.4 is 10.6 Å². The van der Waals surface area contributed by atoms with E-state index in [-0.39, 0.29) is 18.0 Å². The number of guanidine groups is 1. The zero-order valence-electron chi connectivity index (χ0n) is 16.1. The van der Waals surface area contributed by atoms with Crippen molar-refractivity contribution in [3.05, 3.63) is 35.4 Å². The molecule has 5 heteroatoms. The Morgan fingerprint density at radius 1 is 1.33 bits per heavy atom. The molecule has 0 spiro atoms. The first kappa shape index (κ1) is 20.0. The Hall–Kier alpha value is -2.04. The Bertz CT molecular complexity index is 575. The monoisotopic (exact) mass is 332 g/mol. The van der Waals surface area contributed by atoms with Gasteiger partial charge in [0.1, 0.15) is 0 Å². The van der Waals surface area contributed by atoms with Crippen LogP contribution in [0.15, 0.2) is 29.3 Å². The third-order valence-corrected chi connectivity index (χ3v) is 3.65.